The van der Waals surface area contributed by atoms with Crippen LogP contribution in [0.3, 0.4) is 0 Å². The Morgan fingerprint density at radius 2 is 2.00 bits per heavy atom. The van der Waals surface area contributed by atoms with Gasteiger partial charge in [0.25, 0.3) is 5.91 Å². The van der Waals surface area contributed by atoms with Gasteiger partial charge in [-0.1, -0.05) is 36.8 Å². The van der Waals surface area contributed by atoms with Gasteiger partial charge in [-0.25, -0.2) is 0 Å². The predicted octanol–water partition coefficient (Wildman–Crippen LogP) is 5.19. The molecule has 0 aromatic heterocycles. The Morgan fingerprint density at radius 3 is 2.71 bits per heavy atom. The van der Waals surface area contributed by atoms with Crippen LogP contribution in [0, 0.1) is 20.8 Å². The highest BCUT2D eigenvalue weighted by molar-refractivity contribution is 5.81. The fourth-order valence-corrected chi connectivity index (χ4v) is 3.69. The molecule has 1 N–H and O–H groups in total. The normalized spacial score (nSPS) is 18.6. The van der Waals surface area contributed by atoms with E-state index in [4.69, 9.17) is 9.47 Å². The Kier molecular flexibility index (Phi) is 5.69. The molecule has 4 nitrogen and oxygen atoms in total. The van der Waals surface area contributed by atoms with Gasteiger partial charge in [0, 0.05) is 12.0 Å². The van der Waals surface area contributed by atoms with Crippen molar-refractivity contribution in [1.29, 1.82) is 0 Å². The molecular formula is C24H31NO3. The topological polar surface area (TPSA) is 47.6 Å². The van der Waals surface area contributed by atoms with E-state index in [-0.39, 0.29) is 17.6 Å². The summed E-state index contributed by atoms with van der Waals surface area (Å²) in [5.41, 5.74) is 4.08. The predicted molar refractivity (Wildman–Crippen MR) is 112 cm³/mol. The molecule has 1 aliphatic heterocycles. The first kappa shape index (κ1) is 20.2. The molecule has 1 amide bonds. The van der Waals surface area contributed by atoms with Gasteiger partial charge in [0.15, 0.2) is 6.10 Å². The number of hydrogen-bond donors (Lipinski definition) is 1. The lowest BCUT2D eigenvalue weighted by Crippen LogP contribution is -2.45. The smallest absolute Gasteiger partial charge is 0.261 e. The number of fused-ring (bicyclic) bond motifs is 1. The summed E-state index contributed by atoms with van der Waals surface area (Å²) in [5, 5.41) is 3.22. The second-order valence-corrected chi connectivity index (χ2v) is 8.38. The molecule has 150 valence electrons. The third kappa shape index (κ3) is 4.32. The van der Waals surface area contributed by atoms with Crippen LogP contribution in [0.4, 0.5) is 0 Å². The molecule has 0 fully saturated rings. The highest BCUT2D eigenvalue weighted by Gasteiger charge is 2.35. The van der Waals surface area contributed by atoms with Crippen molar-refractivity contribution in [2.45, 2.75) is 72.1 Å². The van der Waals surface area contributed by atoms with Gasteiger partial charge in [-0.15, -0.1) is 0 Å². The minimum absolute atomic E-state index is 0.0847. The molecule has 1 heterocycles. The van der Waals surface area contributed by atoms with Gasteiger partial charge < -0.3 is 14.8 Å². The first-order valence-corrected chi connectivity index (χ1v) is 10.0. The van der Waals surface area contributed by atoms with Crippen molar-refractivity contribution in [2.75, 3.05) is 0 Å². The fourth-order valence-electron chi connectivity index (χ4n) is 3.69. The zero-order chi connectivity index (χ0) is 20.5. The number of hydrogen-bond acceptors (Lipinski definition) is 3. The van der Waals surface area contributed by atoms with Gasteiger partial charge >= 0.3 is 0 Å². The molecule has 1 aliphatic rings. The van der Waals surface area contributed by atoms with Crippen molar-refractivity contribution in [2.24, 2.45) is 0 Å². The quantitative estimate of drug-likeness (QED) is 0.775. The van der Waals surface area contributed by atoms with Crippen LogP contribution in [-0.4, -0.2) is 17.6 Å². The Balaban J connectivity index is 1.81. The van der Waals surface area contributed by atoms with Crippen LogP contribution in [0.1, 0.15) is 61.9 Å². The van der Waals surface area contributed by atoms with Crippen LogP contribution in [0.2, 0.25) is 0 Å². The maximum atomic E-state index is 13.1. The van der Waals surface area contributed by atoms with Crippen molar-refractivity contribution in [3.8, 4) is 11.5 Å². The van der Waals surface area contributed by atoms with Gasteiger partial charge in [0.05, 0.1) is 6.04 Å². The summed E-state index contributed by atoms with van der Waals surface area (Å²) >= 11 is 0. The first-order valence-electron chi connectivity index (χ1n) is 10.0. The van der Waals surface area contributed by atoms with Gasteiger partial charge in [-0.2, -0.15) is 0 Å². The summed E-state index contributed by atoms with van der Waals surface area (Å²) in [4.78, 5) is 13.1. The highest BCUT2D eigenvalue weighted by Crippen LogP contribution is 2.40. The van der Waals surface area contributed by atoms with Crippen molar-refractivity contribution < 1.29 is 14.3 Å². The molecule has 2 aromatic carbocycles. The van der Waals surface area contributed by atoms with Crippen LogP contribution in [0.15, 0.2) is 36.4 Å². The minimum Gasteiger partial charge on any atom is -0.487 e. The summed E-state index contributed by atoms with van der Waals surface area (Å²) in [5.74, 6) is 1.53. The van der Waals surface area contributed by atoms with Crippen molar-refractivity contribution in [3.63, 3.8) is 0 Å². The number of carbonyl (C=O) groups excluding carboxylic acids is 1. The second-order valence-electron chi connectivity index (χ2n) is 8.38. The molecule has 0 radical (unpaired) electrons. The van der Waals surface area contributed by atoms with Crippen molar-refractivity contribution in [1.82, 2.24) is 5.32 Å². The molecule has 0 spiro atoms. The standard InChI is InChI=1S/C24H31NO3/c1-7-20(27-21-10-8-9-16(3)17(21)4)23(26)25-19-14-24(5,6)28-22-12-11-15(2)13-18(19)22/h8-13,19-20H,7,14H2,1-6H3,(H,25,26)/t19-,20+/m0/s1. The van der Waals surface area contributed by atoms with Crippen molar-refractivity contribution in [3.05, 3.63) is 58.7 Å². The number of carbonyl (C=O) groups is 1. The van der Waals surface area contributed by atoms with E-state index < -0.39 is 6.10 Å². The zero-order valence-electron chi connectivity index (χ0n) is 17.8. The van der Waals surface area contributed by atoms with E-state index in [1.54, 1.807) is 0 Å². The molecule has 0 saturated carbocycles. The van der Waals surface area contributed by atoms with Crippen molar-refractivity contribution >= 4 is 5.91 Å². The van der Waals surface area contributed by atoms with E-state index in [1.165, 1.54) is 0 Å². The molecule has 2 atom stereocenters. The maximum absolute atomic E-state index is 13.1. The van der Waals surface area contributed by atoms with E-state index in [2.05, 4.69) is 32.2 Å². The average molecular weight is 382 g/mol. The van der Waals surface area contributed by atoms with Crippen LogP contribution in [-0.2, 0) is 4.79 Å². The van der Waals surface area contributed by atoms with E-state index in [0.29, 0.717) is 6.42 Å². The lowest BCUT2D eigenvalue weighted by molar-refractivity contribution is -0.129. The number of rotatable bonds is 5. The summed E-state index contributed by atoms with van der Waals surface area (Å²) in [6.07, 6.45) is 0.793. The summed E-state index contributed by atoms with van der Waals surface area (Å²) in [6, 6.07) is 12.0. The molecule has 4 heteroatoms. The Labute approximate surface area is 168 Å². The third-order valence-corrected chi connectivity index (χ3v) is 5.43. The van der Waals surface area contributed by atoms with Crippen LogP contribution in [0.25, 0.3) is 0 Å². The van der Waals surface area contributed by atoms with E-state index in [1.807, 2.05) is 51.1 Å². The molecule has 0 unspecified atom stereocenters. The SMILES string of the molecule is CC[C@@H](Oc1cccc(C)c1C)C(=O)N[C@H]1CC(C)(C)Oc2ccc(C)cc21. The molecule has 28 heavy (non-hydrogen) atoms. The third-order valence-electron chi connectivity index (χ3n) is 5.43. The van der Waals surface area contributed by atoms with E-state index in [0.717, 1.165) is 40.2 Å². The maximum Gasteiger partial charge on any atom is 0.261 e. The lowest BCUT2D eigenvalue weighted by Gasteiger charge is -2.38. The number of benzene rings is 2. The van der Waals surface area contributed by atoms with E-state index >= 15 is 0 Å². The number of amides is 1. The summed E-state index contributed by atoms with van der Waals surface area (Å²) < 4.78 is 12.2. The lowest BCUT2D eigenvalue weighted by atomic mass is 9.88. The monoisotopic (exact) mass is 381 g/mol. The Hall–Kier alpha value is -2.49. The van der Waals surface area contributed by atoms with Crippen LogP contribution >= 0.6 is 0 Å². The van der Waals surface area contributed by atoms with Gasteiger partial charge in [0.1, 0.15) is 17.1 Å². The molecule has 0 bridgehead atoms. The van der Waals surface area contributed by atoms with Gasteiger partial charge in [-0.05, 0) is 64.3 Å². The fraction of sp³-hybridized carbons (Fsp3) is 0.458. The minimum atomic E-state index is -0.528. The van der Waals surface area contributed by atoms with Crippen LogP contribution in [0.5, 0.6) is 11.5 Å². The Morgan fingerprint density at radius 1 is 1.25 bits per heavy atom. The Bertz CT molecular complexity index is 872. The molecule has 0 saturated heterocycles. The summed E-state index contributed by atoms with van der Waals surface area (Å²) in [7, 11) is 0. The van der Waals surface area contributed by atoms with Crippen LogP contribution < -0.4 is 14.8 Å². The second kappa shape index (κ2) is 7.86. The number of aryl methyl sites for hydroxylation is 2. The number of nitrogens with one attached hydrogen (secondary N) is 1. The average Bonchev–Trinajstić information content (AvgIpc) is 2.62. The highest BCUT2D eigenvalue weighted by atomic mass is 16.5. The molecular weight excluding hydrogens is 350 g/mol. The molecule has 0 aliphatic carbocycles. The molecule has 2 aromatic rings. The first-order chi connectivity index (χ1) is 13.2. The number of ether oxygens (including phenoxy) is 2. The molecule has 3 rings (SSSR count). The van der Waals surface area contributed by atoms with Gasteiger partial charge in [-0.3, -0.25) is 4.79 Å². The van der Waals surface area contributed by atoms with E-state index in [9.17, 15) is 4.79 Å². The summed E-state index contributed by atoms with van der Waals surface area (Å²) in [6.45, 7) is 12.2. The zero-order valence-corrected chi connectivity index (χ0v) is 17.8. The largest absolute Gasteiger partial charge is 0.487 e. The van der Waals surface area contributed by atoms with Gasteiger partial charge in [0.2, 0.25) is 0 Å².